The molecule has 1 aliphatic rings. The van der Waals surface area contributed by atoms with E-state index in [1.165, 1.54) is 21.0 Å². The van der Waals surface area contributed by atoms with Crippen LogP contribution in [0.25, 0.3) is 37.4 Å². The van der Waals surface area contributed by atoms with Crippen LogP contribution in [0.15, 0.2) is 97.2 Å². The molecule has 1 aliphatic heterocycles. The first-order valence-electron chi connectivity index (χ1n) is 13.6. The molecule has 5 nitrogen and oxygen atoms in total. The van der Waals surface area contributed by atoms with Crippen molar-refractivity contribution in [1.29, 1.82) is 0 Å². The van der Waals surface area contributed by atoms with E-state index in [9.17, 15) is 9.18 Å². The van der Waals surface area contributed by atoms with Gasteiger partial charge in [-0.2, -0.15) is 0 Å². The van der Waals surface area contributed by atoms with Gasteiger partial charge in [0.1, 0.15) is 11.5 Å². The fraction of sp³-hybridized carbons (Fsp3) is 0.152. The van der Waals surface area contributed by atoms with Crippen LogP contribution in [-0.2, 0) is 6.54 Å². The van der Waals surface area contributed by atoms with E-state index in [0.717, 1.165) is 28.2 Å². The average molecular weight is 581 g/mol. The molecule has 3 aromatic heterocycles. The minimum absolute atomic E-state index is 0.126. The maximum atomic E-state index is 14.2. The number of piperazine rings is 1. The molecular weight excluding hydrogens is 555 g/mol. The Morgan fingerprint density at radius 1 is 0.878 bits per heavy atom. The van der Waals surface area contributed by atoms with Gasteiger partial charge in [-0.1, -0.05) is 54.1 Å². The number of aromatic nitrogens is 2. The number of benzene rings is 3. The van der Waals surface area contributed by atoms with Gasteiger partial charge in [0.15, 0.2) is 0 Å². The molecule has 1 fully saturated rings. The van der Waals surface area contributed by atoms with Crippen molar-refractivity contribution < 1.29 is 9.18 Å². The molecule has 41 heavy (non-hydrogen) atoms. The molecule has 0 saturated carbocycles. The van der Waals surface area contributed by atoms with Crippen LogP contribution in [0.2, 0.25) is 5.02 Å². The van der Waals surface area contributed by atoms with E-state index in [-0.39, 0.29) is 11.5 Å². The topological polar surface area (TPSA) is 40.9 Å². The van der Waals surface area contributed by atoms with E-state index >= 15 is 0 Å². The number of carbonyl (C=O) groups excluding carboxylic acids is 1. The lowest BCUT2D eigenvalue weighted by atomic mass is 10.1. The zero-order valence-electron chi connectivity index (χ0n) is 22.1. The Bertz CT molecular complexity index is 1860. The van der Waals surface area contributed by atoms with E-state index in [1.54, 1.807) is 34.4 Å². The van der Waals surface area contributed by atoms with Crippen molar-refractivity contribution in [2.75, 3.05) is 26.2 Å². The lowest BCUT2D eigenvalue weighted by Gasteiger charge is -2.34. The van der Waals surface area contributed by atoms with E-state index in [0.29, 0.717) is 37.7 Å². The van der Waals surface area contributed by atoms with Gasteiger partial charge in [-0.3, -0.25) is 9.69 Å². The summed E-state index contributed by atoms with van der Waals surface area (Å²) >= 11 is 7.98. The Morgan fingerprint density at radius 2 is 1.61 bits per heavy atom. The number of pyridine rings is 1. The molecule has 204 valence electrons. The molecular formula is C33H26ClFN4OS. The molecule has 0 bridgehead atoms. The minimum Gasteiger partial charge on any atom is -0.336 e. The van der Waals surface area contributed by atoms with Crippen LogP contribution >= 0.6 is 22.9 Å². The summed E-state index contributed by atoms with van der Waals surface area (Å²) in [5.41, 5.74) is 5.15. The third kappa shape index (κ3) is 5.01. The number of carbonyl (C=O) groups is 1. The molecule has 7 rings (SSSR count). The normalized spacial score (nSPS) is 14.2. The molecule has 1 amide bonds. The molecule has 0 radical (unpaired) electrons. The van der Waals surface area contributed by atoms with Crippen LogP contribution in [-0.4, -0.2) is 51.3 Å². The zero-order chi connectivity index (χ0) is 27.9. The van der Waals surface area contributed by atoms with Crippen LogP contribution in [0.1, 0.15) is 16.1 Å². The van der Waals surface area contributed by atoms with Crippen molar-refractivity contribution in [2.45, 2.75) is 6.54 Å². The summed E-state index contributed by atoms with van der Waals surface area (Å²) in [5, 5.41) is 1.92. The fourth-order valence-corrected chi connectivity index (χ4v) is 6.66. The maximum absolute atomic E-state index is 14.2. The predicted molar refractivity (Wildman–Crippen MR) is 164 cm³/mol. The van der Waals surface area contributed by atoms with E-state index in [4.69, 9.17) is 16.6 Å². The van der Waals surface area contributed by atoms with Gasteiger partial charge in [0.25, 0.3) is 5.91 Å². The molecule has 1 saturated heterocycles. The van der Waals surface area contributed by atoms with Crippen molar-refractivity contribution in [3.63, 3.8) is 0 Å². The summed E-state index contributed by atoms with van der Waals surface area (Å²) in [4.78, 5) is 23.3. The molecule has 0 atom stereocenters. The maximum Gasteiger partial charge on any atom is 0.256 e. The minimum atomic E-state index is -0.479. The van der Waals surface area contributed by atoms with Gasteiger partial charge in [-0.05, 0) is 53.9 Å². The number of fused-ring (bicyclic) bond motifs is 2. The summed E-state index contributed by atoms with van der Waals surface area (Å²) in [6.45, 7) is 3.10. The third-order valence-electron chi connectivity index (χ3n) is 7.68. The van der Waals surface area contributed by atoms with Crippen molar-refractivity contribution in [2.24, 2.45) is 0 Å². The Kier molecular flexibility index (Phi) is 6.79. The largest absolute Gasteiger partial charge is 0.336 e. The summed E-state index contributed by atoms with van der Waals surface area (Å²) in [7, 11) is 0. The predicted octanol–water partition coefficient (Wildman–Crippen LogP) is 7.63. The monoisotopic (exact) mass is 580 g/mol. The fourth-order valence-electron chi connectivity index (χ4n) is 5.48. The number of nitrogens with zero attached hydrogens (tertiary/aromatic N) is 4. The van der Waals surface area contributed by atoms with Gasteiger partial charge in [0.05, 0.1) is 17.0 Å². The Balaban J connectivity index is 1.21. The summed E-state index contributed by atoms with van der Waals surface area (Å²) in [6, 6.07) is 28.9. The molecule has 0 unspecified atom stereocenters. The average Bonchev–Trinajstić information content (AvgIpc) is 3.59. The molecule has 6 aromatic rings. The number of amides is 1. The molecule has 4 heterocycles. The second-order valence-corrected chi connectivity index (χ2v) is 11.8. The first-order valence-corrected chi connectivity index (χ1v) is 14.7. The van der Waals surface area contributed by atoms with Crippen LogP contribution < -0.4 is 0 Å². The Labute approximate surface area is 246 Å². The molecule has 0 aliphatic carbocycles. The van der Waals surface area contributed by atoms with E-state index < -0.39 is 5.82 Å². The number of thiophene rings is 1. The van der Waals surface area contributed by atoms with Gasteiger partial charge < -0.3 is 9.30 Å². The van der Waals surface area contributed by atoms with Gasteiger partial charge >= 0.3 is 0 Å². The third-order valence-corrected chi connectivity index (χ3v) is 9.10. The first kappa shape index (κ1) is 25.9. The number of hydrogen-bond acceptors (Lipinski definition) is 4. The number of hydrogen-bond donors (Lipinski definition) is 0. The first-order chi connectivity index (χ1) is 20.0. The molecule has 8 heteroatoms. The quantitative estimate of drug-likeness (QED) is 0.210. The summed E-state index contributed by atoms with van der Waals surface area (Å²) < 4.78 is 17.7. The zero-order valence-corrected chi connectivity index (χ0v) is 23.7. The van der Waals surface area contributed by atoms with Crippen molar-refractivity contribution in [3.05, 3.63) is 119 Å². The second-order valence-electron chi connectivity index (χ2n) is 10.3. The van der Waals surface area contributed by atoms with Gasteiger partial charge in [-0.15, -0.1) is 11.3 Å². The van der Waals surface area contributed by atoms with Gasteiger partial charge in [-0.25, -0.2) is 9.37 Å². The van der Waals surface area contributed by atoms with Crippen LogP contribution in [0, 0.1) is 5.82 Å². The molecule has 0 N–H and O–H groups in total. The highest BCUT2D eigenvalue weighted by molar-refractivity contribution is 7.22. The lowest BCUT2D eigenvalue weighted by molar-refractivity contribution is 0.0622. The van der Waals surface area contributed by atoms with Crippen molar-refractivity contribution in [1.82, 2.24) is 19.2 Å². The standard InChI is InChI=1S/C33H26ClFN4OS/c34-25-12-9-22(10-13-25)32-28(21-37-15-17-38(18-16-37)33(40)26-6-2-3-7-27(26)35)39-20-24(11-14-31(39)36-32)30-19-23-5-1-4-8-29(23)41-30/h1-14,19-20H,15-18,21H2. The lowest BCUT2D eigenvalue weighted by Crippen LogP contribution is -2.48. The van der Waals surface area contributed by atoms with Crippen LogP contribution in [0.5, 0.6) is 0 Å². The number of halogens is 2. The van der Waals surface area contributed by atoms with Crippen LogP contribution in [0.4, 0.5) is 4.39 Å². The highest BCUT2D eigenvalue weighted by Crippen LogP contribution is 2.35. The molecule has 0 spiro atoms. The van der Waals surface area contributed by atoms with Gasteiger partial charge in [0, 0.05) is 64.6 Å². The molecule has 3 aromatic carbocycles. The van der Waals surface area contributed by atoms with Crippen molar-refractivity contribution >= 4 is 44.6 Å². The highest BCUT2D eigenvalue weighted by atomic mass is 35.5. The number of rotatable bonds is 5. The second kappa shape index (κ2) is 10.7. The number of imidazole rings is 1. The smallest absolute Gasteiger partial charge is 0.256 e. The van der Waals surface area contributed by atoms with Gasteiger partial charge in [0.2, 0.25) is 0 Å². The Hall–Kier alpha value is -4.04. The highest BCUT2D eigenvalue weighted by Gasteiger charge is 2.26. The van der Waals surface area contributed by atoms with E-state index in [1.807, 2.05) is 24.3 Å². The van der Waals surface area contributed by atoms with Crippen LogP contribution in [0.3, 0.4) is 0 Å². The summed E-state index contributed by atoms with van der Waals surface area (Å²) in [6.07, 6.45) is 2.18. The Morgan fingerprint density at radius 3 is 2.39 bits per heavy atom. The van der Waals surface area contributed by atoms with Crippen molar-refractivity contribution in [3.8, 4) is 21.7 Å². The van der Waals surface area contributed by atoms with E-state index in [2.05, 4.69) is 58.0 Å². The SMILES string of the molecule is O=C(c1ccccc1F)N1CCN(Cc2c(-c3ccc(Cl)cc3)nc3ccc(-c4cc5ccccc5s4)cn23)CC1. The summed E-state index contributed by atoms with van der Waals surface area (Å²) in [5.74, 6) is -0.736.